The van der Waals surface area contributed by atoms with E-state index in [0.29, 0.717) is 16.9 Å². The standard InChI is InChI=1S/C21H20N2O3S/c1-2-27-14-15-5-7-16(8-6-15)20(24)22-17-9-11-18(12-10-17)23-21(25)19-4-3-13-26-19/h3-13H,2,14H2,1H3,(H,22,24)(H,23,25). The Labute approximate surface area is 162 Å². The molecule has 0 saturated heterocycles. The number of furan rings is 1. The first-order valence-electron chi connectivity index (χ1n) is 8.58. The van der Waals surface area contributed by atoms with Gasteiger partial charge in [0.05, 0.1) is 6.26 Å². The molecule has 3 aromatic rings. The summed E-state index contributed by atoms with van der Waals surface area (Å²) in [6, 6.07) is 17.8. The highest BCUT2D eigenvalue weighted by atomic mass is 32.2. The maximum atomic E-state index is 12.4. The van der Waals surface area contributed by atoms with E-state index in [2.05, 4.69) is 17.6 Å². The fraction of sp³-hybridized carbons (Fsp3) is 0.143. The van der Waals surface area contributed by atoms with E-state index < -0.39 is 0 Å². The second kappa shape index (κ2) is 9.09. The van der Waals surface area contributed by atoms with Gasteiger partial charge < -0.3 is 15.1 Å². The number of anilines is 2. The summed E-state index contributed by atoms with van der Waals surface area (Å²) in [5, 5.41) is 5.59. The van der Waals surface area contributed by atoms with Crippen molar-refractivity contribution in [3.8, 4) is 0 Å². The monoisotopic (exact) mass is 380 g/mol. The van der Waals surface area contributed by atoms with Gasteiger partial charge in [0.25, 0.3) is 11.8 Å². The molecule has 138 valence electrons. The maximum absolute atomic E-state index is 12.4. The van der Waals surface area contributed by atoms with Crippen LogP contribution in [0.3, 0.4) is 0 Å². The van der Waals surface area contributed by atoms with Crippen LogP contribution in [0.25, 0.3) is 0 Å². The van der Waals surface area contributed by atoms with Gasteiger partial charge in [0.2, 0.25) is 0 Å². The average molecular weight is 380 g/mol. The minimum atomic E-state index is -0.321. The van der Waals surface area contributed by atoms with E-state index in [9.17, 15) is 9.59 Å². The Morgan fingerprint density at radius 1 is 0.889 bits per heavy atom. The summed E-state index contributed by atoms with van der Waals surface area (Å²) in [4.78, 5) is 24.3. The topological polar surface area (TPSA) is 71.3 Å². The van der Waals surface area contributed by atoms with Crippen molar-refractivity contribution in [1.82, 2.24) is 0 Å². The Morgan fingerprint density at radius 3 is 2.07 bits per heavy atom. The van der Waals surface area contributed by atoms with Crippen LogP contribution in [0.5, 0.6) is 0 Å². The van der Waals surface area contributed by atoms with Gasteiger partial charge in [0.1, 0.15) is 0 Å². The van der Waals surface area contributed by atoms with Gasteiger partial charge in [0, 0.05) is 22.7 Å². The number of benzene rings is 2. The van der Waals surface area contributed by atoms with E-state index in [1.807, 2.05) is 36.0 Å². The minimum absolute atomic E-state index is 0.169. The molecule has 0 unspecified atom stereocenters. The molecule has 5 nitrogen and oxygen atoms in total. The molecule has 0 aliphatic carbocycles. The van der Waals surface area contributed by atoms with Crippen LogP contribution in [0, 0.1) is 0 Å². The summed E-state index contributed by atoms with van der Waals surface area (Å²) >= 11 is 1.85. The van der Waals surface area contributed by atoms with Crippen LogP contribution in [0.15, 0.2) is 71.3 Å². The molecule has 2 amide bonds. The first kappa shape index (κ1) is 18.8. The maximum Gasteiger partial charge on any atom is 0.291 e. The molecule has 6 heteroatoms. The van der Waals surface area contributed by atoms with E-state index >= 15 is 0 Å². The normalized spacial score (nSPS) is 10.4. The van der Waals surface area contributed by atoms with Gasteiger partial charge in [-0.1, -0.05) is 19.1 Å². The molecule has 3 rings (SSSR count). The number of carbonyl (C=O) groups is 2. The van der Waals surface area contributed by atoms with Crippen molar-refractivity contribution in [2.45, 2.75) is 12.7 Å². The number of hydrogen-bond acceptors (Lipinski definition) is 4. The van der Waals surface area contributed by atoms with Crippen LogP contribution in [-0.4, -0.2) is 17.6 Å². The highest BCUT2D eigenvalue weighted by Crippen LogP contribution is 2.17. The summed E-state index contributed by atoms with van der Waals surface area (Å²) in [5.41, 5.74) is 3.08. The van der Waals surface area contributed by atoms with Gasteiger partial charge >= 0.3 is 0 Å². The Morgan fingerprint density at radius 2 is 1.52 bits per heavy atom. The quantitative estimate of drug-likeness (QED) is 0.602. The number of rotatable bonds is 7. The van der Waals surface area contributed by atoms with Gasteiger partial charge in [-0.2, -0.15) is 11.8 Å². The zero-order valence-corrected chi connectivity index (χ0v) is 15.7. The predicted molar refractivity (Wildman–Crippen MR) is 109 cm³/mol. The van der Waals surface area contributed by atoms with Gasteiger partial charge in [-0.25, -0.2) is 0 Å². The Bertz CT molecular complexity index is 888. The number of carbonyl (C=O) groups excluding carboxylic acids is 2. The highest BCUT2D eigenvalue weighted by Gasteiger charge is 2.09. The van der Waals surface area contributed by atoms with Crippen molar-refractivity contribution < 1.29 is 14.0 Å². The Kier molecular flexibility index (Phi) is 6.33. The van der Waals surface area contributed by atoms with E-state index in [1.54, 1.807) is 36.4 Å². The first-order valence-corrected chi connectivity index (χ1v) is 9.74. The van der Waals surface area contributed by atoms with E-state index in [0.717, 1.165) is 11.5 Å². The van der Waals surface area contributed by atoms with E-state index in [-0.39, 0.29) is 17.6 Å². The predicted octanol–water partition coefficient (Wildman–Crippen LogP) is 5.04. The van der Waals surface area contributed by atoms with Crippen molar-refractivity contribution in [2.75, 3.05) is 16.4 Å². The summed E-state index contributed by atoms with van der Waals surface area (Å²) in [5.74, 6) is 1.77. The SMILES string of the molecule is CCSCc1ccc(C(=O)Nc2ccc(NC(=O)c3ccco3)cc2)cc1. The zero-order chi connectivity index (χ0) is 19.1. The second-order valence-electron chi connectivity index (χ2n) is 5.80. The summed E-state index contributed by atoms with van der Waals surface area (Å²) < 4.78 is 5.05. The largest absolute Gasteiger partial charge is 0.459 e. The lowest BCUT2D eigenvalue weighted by Crippen LogP contribution is -2.13. The van der Waals surface area contributed by atoms with Crippen molar-refractivity contribution in [2.24, 2.45) is 0 Å². The molecule has 27 heavy (non-hydrogen) atoms. The smallest absolute Gasteiger partial charge is 0.291 e. The molecule has 0 bridgehead atoms. The molecule has 0 aliphatic heterocycles. The Hall–Kier alpha value is -2.99. The lowest BCUT2D eigenvalue weighted by molar-refractivity contribution is 0.0994. The summed E-state index contributed by atoms with van der Waals surface area (Å²) in [6.07, 6.45) is 1.45. The third-order valence-corrected chi connectivity index (χ3v) is 4.78. The summed E-state index contributed by atoms with van der Waals surface area (Å²) in [6.45, 7) is 2.13. The molecule has 0 atom stereocenters. The number of nitrogens with one attached hydrogen (secondary N) is 2. The van der Waals surface area contributed by atoms with Gasteiger partial charge in [0.15, 0.2) is 5.76 Å². The van der Waals surface area contributed by atoms with Crippen LogP contribution < -0.4 is 10.6 Å². The van der Waals surface area contributed by atoms with Crippen LogP contribution in [0.2, 0.25) is 0 Å². The van der Waals surface area contributed by atoms with Crippen molar-refractivity contribution in [3.05, 3.63) is 83.8 Å². The molecule has 2 aromatic carbocycles. The summed E-state index contributed by atoms with van der Waals surface area (Å²) in [7, 11) is 0. The first-order chi connectivity index (χ1) is 13.2. The Balaban J connectivity index is 1.57. The van der Waals surface area contributed by atoms with Gasteiger partial charge in [-0.3, -0.25) is 9.59 Å². The third-order valence-electron chi connectivity index (χ3n) is 3.83. The van der Waals surface area contributed by atoms with Crippen LogP contribution >= 0.6 is 11.8 Å². The molecule has 1 aromatic heterocycles. The fourth-order valence-corrected chi connectivity index (χ4v) is 3.05. The molecule has 0 radical (unpaired) electrons. The average Bonchev–Trinajstić information content (AvgIpc) is 3.23. The lowest BCUT2D eigenvalue weighted by Gasteiger charge is -2.08. The molecule has 0 spiro atoms. The number of thioether (sulfide) groups is 1. The number of hydrogen-bond donors (Lipinski definition) is 2. The zero-order valence-electron chi connectivity index (χ0n) is 14.9. The van der Waals surface area contributed by atoms with Crippen LogP contribution in [0.1, 0.15) is 33.4 Å². The van der Waals surface area contributed by atoms with Crippen molar-refractivity contribution in [3.63, 3.8) is 0 Å². The van der Waals surface area contributed by atoms with Crippen molar-refractivity contribution >= 4 is 35.0 Å². The van der Waals surface area contributed by atoms with Gasteiger partial charge in [-0.05, 0) is 59.8 Å². The fourth-order valence-electron chi connectivity index (χ4n) is 2.41. The highest BCUT2D eigenvalue weighted by molar-refractivity contribution is 7.98. The molecular formula is C21H20N2O3S. The molecule has 0 aliphatic rings. The molecule has 0 fully saturated rings. The molecule has 0 saturated carbocycles. The van der Waals surface area contributed by atoms with E-state index in [1.165, 1.54) is 11.8 Å². The molecular weight excluding hydrogens is 360 g/mol. The van der Waals surface area contributed by atoms with E-state index in [4.69, 9.17) is 4.42 Å². The minimum Gasteiger partial charge on any atom is -0.459 e. The second-order valence-corrected chi connectivity index (χ2v) is 7.07. The van der Waals surface area contributed by atoms with Crippen LogP contribution in [0.4, 0.5) is 11.4 Å². The van der Waals surface area contributed by atoms with Crippen molar-refractivity contribution in [1.29, 1.82) is 0 Å². The number of amides is 2. The van der Waals surface area contributed by atoms with Gasteiger partial charge in [-0.15, -0.1) is 0 Å². The lowest BCUT2D eigenvalue weighted by atomic mass is 10.1. The third kappa shape index (κ3) is 5.24. The van der Waals surface area contributed by atoms with Crippen LogP contribution in [-0.2, 0) is 5.75 Å². The molecule has 1 heterocycles. The molecule has 2 N–H and O–H groups in total.